The minimum Gasteiger partial charge on any atom is -0.450 e. The highest BCUT2D eigenvalue weighted by molar-refractivity contribution is 5.68. The summed E-state index contributed by atoms with van der Waals surface area (Å²) in [4.78, 5) is 25.3. The maximum atomic E-state index is 11.3. The third kappa shape index (κ3) is 3.36. The van der Waals surface area contributed by atoms with Gasteiger partial charge >= 0.3 is 6.09 Å². The normalized spacial score (nSPS) is 18.7. The number of rotatable bonds is 3. The Morgan fingerprint density at radius 2 is 2.27 bits per heavy atom. The second-order valence-corrected chi connectivity index (χ2v) is 3.45. The molecule has 0 aromatic heterocycles. The maximum absolute atomic E-state index is 11.3. The first kappa shape index (κ1) is 11.7. The molecule has 0 unspecified atom stereocenters. The van der Waals surface area contributed by atoms with E-state index < -0.39 is 11.8 Å². The van der Waals surface area contributed by atoms with E-state index in [1.165, 1.54) is 6.08 Å². The largest absolute Gasteiger partial charge is 0.450 e. The van der Waals surface area contributed by atoms with Gasteiger partial charge in [0.05, 0.1) is 6.61 Å². The topological polar surface area (TPSA) is 67.8 Å². The number of isocyanates is 1. The van der Waals surface area contributed by atoms with E-state index in [1.807, 2.05) is 0 Å². The molecule has 1 saturated carbocycles. The first-order valence-corrected chi connectivity index (χ1v) is 5.08. The Balaban J connectivity index is 2.63. The van der Waals surface area contributed by atoms with Crippen molar-refractivity contribution in [2.45, 2.75) is 38.3 Å². The van der Waals surface area contributed by atoms with Gasteiger partial charge in [-0.2, -0.15) is 4.99 Å². The number of carbonyl (C=O) groups is 1. The SMILES string of the molecule is CCOC(=O)NC1(N=C=O)CC[CH]CC1. The number of alkyl carbamates (subject to hydrolysis) is 1. The van der Waals surface area contributed by atoms with Crippen LogP contribution in [0.3, 0.4) is 0 Å². The van der Waals surface area contributed by atoms with Crippen LogP contribution in [-0.4, -0.2) is 24.4 Å². The van der Waals surface area contributed by atoms with Gasteiger partial charge in [-0.15, -0.1) is 0 Å². The molecule has 0 aromatic rings. The first-order chi connectivity index (χ1) is 7.22. The number of aliphatic imine (C=N–C) groups is 1. The van der Waals surface area contributed by atoms with E-state index in [-0.39, 0.29) is 0 Å². The van der Waals surface area contributed by atoms with E-state index in [4.69, 9.17) is 4.74 Å². The van der Waals surface area contributed by atoms with Crippen molar-refractivity contribution in [3.8, 4) is 0 Å². The average Bonchev–Trinajstić information content (AvgIpc) is 2.19. The number of ether oxygens (including phenoxy) is 1. The van der Waals surface area contributed by atoms with Crippen LogP contribution in [0.4, 0.5) is 4.79 Å². The van der Waals surface area contributed by atoms with E-state index in [1.54, 1.807) is 6.92 Å². The van der Waals surface area contributed by atoms with Crippen molar-refractivity contribution >= 4 is 12.2 Å². The molecule has 15 heavy (non-hydrogen) atoms. The summed E-state index contributed by atoms with van der Waals surface area (Å²) >= 11 is 0. The van der Waals surface area contributed by atoms with E-state index in [2.05, 4.69) is 16.7 Å². The van der Waals surface area contributed by atoms with Crippen molar-refractivity contribution in [3.63, 3.8) is 0 Å². The van der Waals surface area contributed by atoms with Gasteiger partial charge < -0.3 is 4.74 Å². The van der Waals surface area contributed by atoms with Crippen LogP contribution in [-0.2, 0) is 9.53 Å². The third-order valence-corrected chi connectivity index (χ3v) is 2.39. The summed E-state index contributed by atoms with van der Waals surface area (Å²) in [5.41, 5.74) is -0.803. The zero-order chi connectivity index (χ0) is 11.1. The fraction of sp³-hybridized carbons (Fsp3) is 0.700. The van der Waals surface area contributed by atoms with E-state index in [9.17, 15) is 9.59 Å². The van der Waals surface area contributed by atoms with Gasteiger partial charge in [0.15, 0.2) is 0 Å². The molecule has 1 N–H and O–H groups in total. The van der Waals surface area contributed by atoms with Gasteiger partial charge in [-0.3, -0.25) is 5.32 Å². The number of carbonyl (C=O) groups excluding carboxylic acids is 2. The molecule has 1 fully saturated rings. The summed E-state index contributed by atoms with van der Waals surface area (Å²) < 4.78 is 4.77. The second-order valence-electron chi connectivity index (χ2n) is 3.45. The number of nitrogens with one attached hydrogen (secondary N) is 1. The number of hydrogen-bond acceptors (Lipinski definition) is 4. The predicted octanol–water partition coefficient (Wildman–Crippen LogP) is 1.54. The van der Waals surface area contributed by atoms with Crippen LogP contribution < -0.4 is 5.32 Å². The molecule has 1 amide bonds. The molecule has 0 bridgehead atoms. The van der Waals surface area contributed by atoms with Crippen LogP contribution in [0.5, 0.6) is 0 Å². The maximum Gasteiger partial charge on any atom is 0.409 e. The van der Waals surface area contributed by atoms with Gasteiger partial charge in [0, 0.05) is 0 Å². The molecular formula is C10H15N2O3. The number of amides is 1. The van der Waals surface area contributed by atoms with Crippen molar-refractivity contribution in [1.82, 2.24) is 5.32 Å². The molecule has 0 heterocycles. The Morgan fingerprint density at radius 1 is 1.60 bits per heavy atom. The van der Waals surface area contributed by atoms with Crippen LogP contribution in [0.2, 0.25) is 0 Å². The molecule has 0 aliphatic heterocycles. The quantitative estimate of drug-likeness (QED) is 0.568. The minimum absolute atomic E-state index is 0.304. The molecule has 0 spiro atoms. The standard InChI is InChI=1S/C10H15N2O3/c1-2-15-9(14)12-10(11-8-13)6-4-3-5-7-10/h3H,2,4-7H2,1H3,(H,12,14). The van der Waals surface area contributed by atoms with Crippen LogP contribution in [0.1, 0.15) is 32.6 Å². The van der Waals surface area contributed by atoms with Crippen LogP contribution in [0.15, 0.2) is 4.99 Å². The highest BCUT2D eigenvalue weighted by Gasteiger charge is 2.33. The molecule has 1 rings (SSSR count). The van der Waals surface area contributed by atoms with Crippen LogP contribution in [0.25, 0.3) is 0 Å². The fourth-order valence-corrected chi connectivity index (χ4v) is 1.66. The highest BCUT2D eigenvalue weighted by Crippen LogP contribution is 2.28. The first-order valence-electron chi connectivity index (χ1n) is 5.08. The Bertz CT molecular complexity index is 266. The van der Waals surface area contributed by atoms with Gasteiger partial charge in [-0.05, 0) is 39.0 Å². The van der Waals surface area contributed by atoms with Crippen molar-refractivity contribution in [1.29, 1.82) is 0 Å². The van der Waals surface area contributed by atoms with Crippen molar-refractivity contribution < 1.29 is 14.3 Å². The van der Waals surface area contributed by atoms with E-state index in [0.29, 0.717) is 19.4 Å². The zero-order valence-electron chi connectivity index (χ0n) is 8.78. The summed E-state index contributed by atoms with van der Waals surface area (Å²) in [7, 11) is 0. The summed E-state index contributed by atoms with van der Waals surface area (Å²) in [6, 6.07) is 0. The van der Waals surface area contributed by atoms with Gasteiger partial charge in [0.1, 0.15) is 5.66 Å². The Hall–Kier alpha value is -1.35. The monoisotopic (exact) mass is 211 g/mol. The lowest BCUT2D eigenvalue weighted by Crippen LogP contribution is -2.48. The molecule has 1 aliphatic rings. The fourth-order valence-electron chi connectivity index (χ4n) is 1.66. The molecule has 83 valence electrons. The lowest BCUT2D eigenvalue weighted by Gasteiger charge is -2.32. The number of hydrogen-bond donors (Lipinski definition) is 1. The Morgan fingerprint density at radius 3 is 2.80 bits per heavy atom. The minimum atomic E-state index is -0.803. The average molecular weight is 211 g/mol. The van der Waals surface area contributed by atoms with Gasteiger partial charge in [0.25, 0.3) is 0 Å². The molecule has 5 heteroatoms. The lowest BCUT2D eigenvalue weighted by atomic mass is 9.89. The summed E-state index contributed by atoms with van der Waals surface area (Å²) in [6.45, 7) is 2.03. The Labute approximate surface area is 88.9 Å². The second kappa shape index (κ2) is 5.51. The zero-order valence-corrected chi connectivity index (χ0v) is 8.78. The van der Waals surface area contributed by atoms with Crippen LogP contribution in [0, 0.1) is 6.42 Å². The molecular weight excluding hydrogens is 196 g/mol. The van der Waals surface area contributed by atoms with Gasteiger partial charge in [-0.1, -0.05) is 0 Å². The molecule has 1 aliphatic carbocycles. The highest BCUT2D eigenvalue weighted by atomic mass is 16.5. The Kier molecular flexibility index (Phi) is 4.31. The van der Waals surface area contributed by atoms with Crippen molar-refractivity contribution in [2.24, 2.45) is 4.99 Å². The molecule has 5 nitrogen and oxygen atoms in total. The number of nitrogens with zero attached hydrogens (tertiary/aromatic N) is 1. The van der Waals surface area contributed by atoms with E-state index >= 15 is 0 Å². The lowest BCUT2D eigenvalue weighted by molar-refractivity contribution is 0.132. The molecule has 0 atom stereocenters. The smallest absolute Gasteiger partial charge is 0.409 e. The summed E-state index contributed by atoms with van der Waals surface area (Å²) in [5.74, 6) is 0. The predicted molar refractivity (Wildman–Crippen MR) is 53.8 cm³/mol. The van der Waals surface area contributed by atoms with E-state index in [0.717, 1.165) is 12.8 Å². The third-order valence-electron chi connectivity index (χ3n) is 2.39. The van der Waals surface area contributed by atoms with Crippen molar-refractivity contribution in [3.05, 3.63) is 6.42 Å². The van der Waals surface area contributed by atoms with Crippen molar-refractivity contribution in [2.75, 3.05) is 6.61 Å². The molecule has 0 aromatic carbocycles. The summed E-state index contributed by atoms with van der Waals surface area (Å²) in [5, 5.41) is 2.62. The van der Waals surface area contributed by atoms with Crippen LogP contribution >= 0.6 is 0 Å². The summed E-state index contributed by atoms with van der Waals surface area (Å²) in [6.07, 6.45) is 6.02. The van der Waals surface area contributed by atoms with Gasteiger partial charge in [-0.25, -0.2) is 9.59 Å². The molecule has 0 saturated heterocycles. The molecule has 1 radical (unpaired) electrons. The van der Waals surface area contributed by atoms with Gasteiger partial charge in [0.2, 0.25) is 6.08 Å².